The summed E-state index contributed by atoms with van der Waals surface area (Å²) in [5.41, 5.74) is 1.15. The molecule has 1 saturated heterocycles. The lowest BCUT2D eigenvalue weighted by atomic mass is 9.99. The molecule has 1 aliphatic rings. The van der Waals surface area contributed by atoms with Crippen LogP contribution in [-0.2, 0) is 20.6 Å². The zero-order valence-corrected chi connectivity index (χ0v) is 22.1. The van der Waals surface area contributed by atoms with Gasteiger partial charge in [-0.2, -0.15) is 0 Å². The number of amides is 1. The number of carbonyl (C=O) groups is 1. The van der Waals surface area contributed by atoms with Gasteiger partial charge in [-0.05, 0) is 50.3 Å². The summed E-state index contributed by atoms with van der Waals surface area (Å²) in [5, 5.41) is 51.5. The van der Waals surface area contributed by atoms with Crippen molar-refractivity contribution in [2.75, 3.05) is 19.8 Å². The number of hydrogen-bond acceptors (Lipinski definition) is 9. The second kappa shape index (κ2) is 17.7. The van der Waals surface area contributed by atoms with E-state index < -0.39 is 55.6 Å². The number of benzene rings is 1. The van der Waals surface area contributed by atoms with Gasteiger partial charge in [-0.25, -0.2) is 9.18 Å². The molecule has 3 unspecified atom stereocenters. The molecule has 0 bridgehead atoms. The van der Waals surface area contributed by atoms with Gasteiger partial charge >= 0.3 is 6.09 Å². The Hall–Kier alpha value is -1.86. The Labute approximate surface area is 223 Å². The molecule has 1 aromatic carbocycles. The summed E-state index contributed by atoms with van der Waals surface area (Å²) in [6.45, 7) is 1.07. The number of nitrogens with one attached hydrogen (secondary N) is 1. The Kier molecular flexibility index (Phi) is 15.0. The molecular formula is C27H44FNO9. The smallest absolute Gasteiger partial charge is 0.407 e. The molecule has 11 heteroatoms. The Balaban J connectivity index is 1.57. The third kappa shape index (κ3) is 11.9. The lowest BCUT2D eigenvalue weighted by molar-refractivity contribution is -0.302. The van der Waals surface area contributed by atoms with Crippen molar-refractivity contribution >= 4 is 6.09 Å². The topological polar surface area (TPSA) is 158 Å². The van der Waals surface area contributed by atoms with Crippen molar-refractivity contribution in [2.45, 2.75) is 108 Å². The van der Waals surface area contributed by atoms with Crippen LogP contribution < -0.4 is 5.32 Å². The van der Waals surface area contributed by atoms with Crippen molar-refractivity contribution in [3.8, 4) is 0 Å². The lowest BCUT2D eigenvalue weighted by Gasteiger charge is -2.40. The summed E-state index contributed by atoms with van der Waals surface area (Å²) in [5.74, 6) is -0.212. The predicted molar refractivity (Wildman–Crippen MR) is 137 cm³/mol. The van der Waals surface area contributed by atoms with E-state index in [1.165, 1.54) is 12.1 Å². The van der Waals surface area contributed by atoms with Gasteiger partial charge in [0.05, 0.1) is 32.0 Å². The molecule has 218 valence electrons. The van der Waals surface area contributed by atoms with E-state index in [1.807, 2.05) is 12.1 Å². The van der Waals surface area contributed by atoms with Crippen molar-refractivity contribution in [3.05, 3.63) is 35.6 Å². The zero-order valence-electron chi connectivity index (χ0n) is 22.1. The average Bonchev–Trinajstić information content (AvgIpc) is 2.88. The Morgan fingerprint density at radius 3 is 2.26 bits per heavy atom. The first-order chi connectivity index (χ1) is 18.2. The number of hydrogen-bond donors (Lipinski definition) is 6. The van der Waals surface area contributed by atoms with Crippen molar-refractivity contribution in [1.29, 1.82) is 0 Å². The van der Waals surface area contributed by atoms with Crippen molar-refractivity contribution in [3.63, 3.8) is 0 Å². The maximum atomic E-state index is 12.9. The third-order valence-electron chi connectivity index (χ3n) is 6.51. The number of aryl methyl sites for hydroxylation is 1. The second-order valence-electron chi connectivity index (χ2n) is 9.94. The summed E-state index contributed by atoms with van der Waals surface area (Å²) in [6.07, 6.45) is -0.257. The number of halogens is 1. The Morgan fingerprint density at radius 1 is 1.00 bits per heavy atom. The zero-order chi connectivity index (χ0) is 27.9. The molecule has 0 aromatic heterocycles. The van der Waals surface area contributed by atoms with Gasteiger partial charge in [0.15, 0.2) is 6.29 Å². The molecule has 0 aliphatic carbocycles. The van der Waals surface area contributed by atoms with Gasteiger partial charge in [0.1, 0.15) is 30.2 Å². The first-order valence-corrected chi connectivity index (χ1v) is 13.5. The van der Waals surface area contributed by atoms with E-state index in [4.69, 9.17) is 14.2 Å². The number of unbranched alkanes of at least 4 members (excludes halogenated alkanes) is 6. The highest BCUT2D eigenvalue weighted by Crippen LogP contribution is 2.22. The highest BCUT2D eigenvalue weighted by Gasteiger charge is 2.44. The summed E-state index contributed by atoms with van der Waals surface area (Å²) < 4.78 is 28.9. The first-order valence-electron chi connectivity index (χ1n) is 13.5. The largest absolute Gasteiger partial charge is 0.450 e. The van der Waals surface area contributed by atoms with Gasteiger partial charge in [0.25, 0.3) is 0 Å². The maximum absolute atomic E-state index is 12.9. The molecule has 38 heavy (non-hydrogen) atoms. The quantitative estimate of drug-likeness (QED) is 0.161. The fourth-order valence-corrected chi connectivity index (χ4v) is 4.34. The van der Waals surface area contributed by atoms with E-state index in [2.05, 4.69) is 5.32 Å². The molecule has 10 nitrogen and oxygen atoms in total. The molecule has 2 rings (SSSR count). The van der Waals surface area contributed by atoms with Gasteiger partial charge in [-0.15, -0.1) is 0 Å². The summed E-state index contributed by atoms with van der Waals surface area (Å²) in [6, 6.07) is 5.97. The minimum absolute atomic E-state index is 0.147. The number of ether oxygens (including phenoxy) is 3. The fraction of sp³-hybridized carbons (Fsp3) is 0.741. The Bertz CT molecular complexity index is 780. The second-order valence-corrected chi connectivity index (χ2v) is 9.94. The lowest BCUT2D eigenvalue weighted by Crippen LogP contribution is -2.59. The van der Waals surface area contributed by atoms with Crippen LogP contribution in [0.4, 0.5) is 9.18 Å². The maximum Gasteiger partial charge on any atom is 0.407 e. The van der Waals surface area contributed by atoms with Crippen molar-refractivity contribution in [1.82, 2.24) is 5.32 Å². The molecular weight excluding hydrogens is 501 g/mol. The van der Waals surface area contributed by atoms with Crippen LogP contribution in [0.15, 0.2) is 24.3 Å². The third-order valence-corrected chi connectivity index (χ3v) is 6.51. The molecule has 1 heterocycles. The number of alkyl carbamates (subject to hydrolysis) is 1. The number of aliphatic hydroxyl groups is 5. The summed E-state index contributed by atoms with van der Waals surface area (Å²) in [4.78, 5) is 12.2. The minimum Gasteiger partial charge on any atom is -0.450 e. The van der Waals surface area contributed by atoms with E-state index in [-0.39, 0.29) is 25.5 Å². The Morgan fingerprint density at radius 2 is 1.63 bits per heavy atom. The van der Waals surface area contributed by atoms with Gasteiger partial charge in [-0.1, -0.05) is 44.2 Å². The fourth-order valence-electron chi connectivity index (χ4n) is 4.34. The average molecular weight is 546 g/mol. The van der Waals surface area contributed by atoms with Crippen molar-refractivity contribution in [2.24, 2.45) is 0 Å². The van der Waals surface area contributed by atoms with E-state index in [0.717, 1.165) is 56.9 Å². The molecule has 0 radical (unpaired) electrons. The first kappa shape index (κ1) is 32.4. The monoisotopic (exact) mass is 545 g/mol. The van der Waals surface area contributed by atoms with E-state index in [9.17, 15) is 34.7 Å². The van der Waals surface area contributed by atoms with Gasteiger partial charge < -0.3 is 45.1 Å². The van der Waals surface area contributed by atoms with Gasteiger partial charge in [0, 0.05) is 0 Å². The molecule has 0 saturated carbocycles. The van der Waals surface area contributed by atoms with E-state index >= 15 is 0 Å². The van der Waals surface area contributed by atoms with Crippen LogP contribution in [0.3, 0.4) is 0 Å². The van der Waals surface area contributed by atoms with Crippen LogP contribution in [0.1, 0.15) is 63.9 Å². The van der Waals surface area contributed by atoms with Crippen LogP contribution >= 0.6 is 0 Å². The van der Waals surface area contributed by atoms with Crippen LogP contribution in [0.2, 0.25) is 0 Å². The van der Waals surface area contributed by atoms with E-state index in [0.29, 0.717) is 0 Å². The molecule has 1 aromatic rings. The summed E-state index contributed by atoms with van der Waals surface area (Å²) in [7, 11) is 0. The van der Waals surface area contributed by atoms with Crippen LogP contribution in [-0.4, -0.2) is 94.3 Å². The number of aliphatic hydroxyl groups excluding tert-OH is 5. The van der Waals surface area contributed by atoms with Crippen LogP contribution in [0.25, 0.3) is 0 Å². The molecule has 1 aliphatic heterocycles. The number of carbonyl (C=O) groups excluding carboxylic acids is 1. The van der Waals surface area contributed by atoms with Crippen LogP contribution in [0, 0.1) is 5.82 Å². The van der Waals surface area contributed by atoms with Gasteiger partial charge in [0.2, 0.25) is 0 Å². The summed E-state index contributed by atoms with van der Waals surface area (Å²) >= 11 is 0. The standard InChI is InChI=1S/C27H44FNO9/c1-18(31)15-21(17-37-26-25(34)24(33)23(32)22(16-30)38-26)29-27(35)36-14-8-6-4-2-3-5-7-9-19-10-12-20(28)13-11-19/h10-13,18,21-26,30-34H,2-9,14-17H2,1H3,(H,29,35)/t18-,21?,22?,23+,24?,25+,26+/m1/s1. The number of rotatable bonds is 17. The van der Waals surface area contributed by atoms with Crippen LogP contribution in [0.5, 0.6) is 0 Å². The predicted octanol–water partition coefficient (Wildman–Crippen LogP) is 1.78. The molecule has 0 spiro atoms. The molecule has 7 atom stereocenters. The van der Waals surface area contributed by atoms with E-state index in [1.54, 1.807) is 6.92 Å². The SMILES string of the molecule is C[C@@H](O)CC(CO[C@H]1OC(CO)[C@H](O)C(O)[C@@H]1O)NC(=O)OCCCCCCCCCc1ccc(F)cc1. The normalized spacial score (nSPS) is 25.1. The highest BCUT2D eigenvalue weighted by molar-refractivity contribution is 5.67. The highest BCUT2D eigenvalue weighted by atomic mass is 19.1. The molecule has 1 amide bonds. The van der Waals surface area contributed by atoms with Gasteiger partial charge in [-0.3, -0.25) is 0 Å². The van der Waals surface area contributed by atoms with Crippen molar-refractivity contribution < 1.29 is 48.9 Å². The minimum atomic E-state index is -1.57. The molecule has 1 fully saturated rings. The molecule has 6 N–H and O–H groups in total.